The highest BCUT2D eigenvalue weighted by molar-refractivity contribution is 5.74. The van der Waals surface area contributed by atoms with Crippen LogP contribution in [0.1, 0.15) is 5.56 Å². The van der Waals surface area contributed by atoms with E-state index in [0.29, 0.717) is 6.54 Å². The van der Waals surface area contributed by atoms with Gasteiger partial charge in [0, 0.05) is 0 Å². The van der Waals surface area contributed by atoms with Crippen molar-refractivity contribution in [2.24, 2.45) is 0 Å². The molecule has 108 valence electrons. The van der Waals surface area contributed by atoms with E-state index in [0.717, 1.165) is 16.8 Å². The van der Waals surface area contributed by atoms with E-state index in [4.69, 9.17) is 4.74 Å². The molecule has 1 N–H and O–H groups in total. The van der Waals surface area contributed by atoms with Crippen molar-refractivity contribution >= 4 is 11.0 Å². The smallest absolute Gasteiger partial charge is 0.119 e. The van der Waals surface area contributed by atoms with E-state index < -0.39 is 6.10 Å². The third kappa shape index (κ3) is 3.23. The number of aromatic nitrogens is 2. The van der Waals surface area contributed by atoms with Gasteiger partial charge in [0.15, 0.2) is 0 Å². The quantitative estimate of drug-likeness (QED) is 0.782. The fourth-order valence-corrected chi connectivity index (χ4v) is 2.26. The Morgan fingerprint density at radius 2 is 1.90 bits per heavy atom. The first kappa shape index (κ1) is 13.6. The zero-order valence-corrected chi connectivity index (χ0v) is 11.9. The van der Waals surface area contributed by atoms with E-state index in [1.807, 2.05) is 60.0 Å². The molecule has 2 aromatic carbocycles. The molecular formula is C17H18N2O2. The summed E-state index contributed by atoms with van der Waals surface area (Å²) in [7, 11) is 0. The van der Waals surface area contributed by atoms with Gasteiger partial charge in [0.2, 0.25) is 0 Å². The second-order valence-electron chi connectivity index (χ2n) is 5.16. The Morgan fingerprint density at radius 1 is 1.14 bits per heavy atom. The summed E-state index contributed by atoms with van der Waals surface area (Å²) in [5, 5.41) is 10.1. The van der Waals surface area contributed by atoms with Gasteiger partial charge in [-0.3, -0.25) is 0 Å². The summed E-state index contributed by atoms with van der Waals surface area (Å²) in [4.78, 5) is 4.31. The molecule has 0 aliphatic carbocycles. The van der Waals surface area contributed by atoms with Crippen LogP contribution in [-0.4, -0.2) is 27.4 Å². The molecule has 0 bridgehead atoms. The van der Waals surface area contributed by atoms with Gasteiger partial charge in [0.05, 0.1) is 23.9 Å². The van der Waals surface area contributed by atoms with E-state index in [1.165, 1.54) is 5.56 Å². The number of benzene rings is 2. The molecule has 0 radical (unpaired) electrons. The number of hydrogen-bond acceptors (Lipinski definition) is 3. The predicted molar refractivity (Wildman–Crippen MR) is 82.4 cm³/mol. The van der Waals surface area contributed by atoms with Crippen molar-refractivity contribution < 1.29 is 9.84 Å². The normalized spacial score (nSPS) is 12.5. The van der Waals surface area contributed by atoms with Crippen molar-refractivity contribution in [2.45, 2.75) is 19.6 Å². The average molecular weight is 282 g/mol. The molecule has 1 atom stereocenters. The first-order valence-corrected chi connectivity index (χ1v) is 7.00. The van der Waals surface area contributed by atoms with E-state index in [9.17, 15) is 5.11 Å². The van der Waals surface area contributed by atoms with E-state index in [2.05, 4.69) is 4.98 Å². The second kappa shape index (κ2) is 5.97. The Kier molecular flexibility index (Phi) is 3.88. The highest BCUT2D eigenvalue weighted by Crippen LogP contribution is 2.14. The van der Waals surface area contributed by atoms with Gasteiger partial charge >= 0.3 is 0 Å². The SMILES string of the molecule is Cc1ccc(OC[C@@H](O)Cn2cnc3ccccc32)cc1. The molecule has 1 aromatic heterocycles. The third-order valence-corrected chi connectivity index (χ3v) is 3.40. The molecule has 3 aromatic rings. The number of ether oxygens (including phenoxy) is 1. The summed E-state index contributed by atoms with van der Waals surface area (Å²) in [6.07, 6.45) is 1.17. The number of fused-ring (bicyclic) bond motifs is 1. The van der Waals surface area contributed by atoms with Gasteiger partial charge in [0.25, 0.3) is 0 Å². The number of nitrogens with zero attached hydrogens (tertiary/aromatic N) is 2. The number of aliphatic hydroxyl groups is 1. The lowest BCUT2D eigenvalue weighted by atomic mass is 10.2. The lowest BCUT2D eigenvalue weighted by molar-refractivity contribution is 0.0934. The molecule has 4 nitrogen and oxygen atoms in total. The third-order valence-electron chi connectivity index (χ3n) is 3.40. The van der Waals surface area contributed by atoms with Crippen molar-refractivity contribution in [3.63, 3.8) is 0 Å². The van der Waals surface area contributed by atoms with Crippen molar-refractivity contribution in [3.05, 3.63) is 60.4 Å². The molecule has 0 unspecified atom stereocenters. The number of imidazole rings is 1. The van der Waals surface area contributed by atoms with Crippen LogP contribution >= 0.6 is 0 Å². The monoisotopic (exact) mass is 282 g/mol. The highest BCUT2D eigenvalue weighted by Gasteiger charge is 2.09. The first-order valence-electron chi connectivity index (χ1n) is 7.00. The van der Waals surface area contributed by atoms with Gasteiger partial charge in [-0.05, 0) is 31.2 Å². The maximum absolute atomic E-state index is 10.1. The Morgan fingerprint density at radius 3 is 2.71 bits per heavy atom. The number of aliphatic hydroxyl groups excluding tert-OH is 1. The summed E-state index contributed by atoms with van der Waals surface area (Å²) in [5.74, 6) is 0.773. The molecule has 21 heavy (non-hydrogen) atoms. The zero-order valence-electron chi connectivity index (χ0n) is 11.9. The molecule has 4 heteroatoms. The minimum Gasteiger partial charge on any atom is -0.491 e. The van der Waals surface area contributed by atoms with Crippen molar-refractivity contribution in [2.75, 3.05) is 6.61 Å². The summed E-state index contributed by atoms with van der Waals surface area (Å²) in [5.41, 5.74) is 3.14. The number of hydrogen-bond donors (Lipinski definition) is 1. The Balaban J connectivity index is 1.61. The summed E-state index contributed by atoms with van der Waals surface area (Å²) >= 11 is 0. The molecule has 0 amide bonds. The topological polar surface area (TPSA) is 47.3 Å². The van der Waals surface area contributed by atoms with Crippen molar-refractivity contribution in [1.82, 2.24) is 9.55 Å². The largest absolute Gasteiger partial charge is 0.491 e. The van der Waals surface area contributed by atoms with Crippen LogP contribution in [0.5, 0.6) is 5.75 Å². The maximum atomic E-state index is 10.1. The fraction of sp³-hybridized carbons (Fsp3) is 0.235. The number of aryl methyl sites for hydroxylation is 1. The van der Waals surface area contributed by atoms with Gasteiger partial charge in [-0.15, -0.1) is 0 Å². The van der Waals surface area contributed by atoms with Gasteiger partial charge in [-0.25, -0.2) is 4.98 Å². The van der Waals surface area contributed by atoms with Gasteiger partial charge in [-0.1, -0.05) is 29.8 Å². The predicted octanol–water partition coefficient (Wildman–Crippen LogP) is 2.78. The Hall–Kier alpha value is -2.33. The van der Waals surface area contributed by atoms with Crippen LogP contribution in [0.4, 0.5) is 0 Å². The van der Waals surface area contributed by atoms with Crippen LogP contribution in [0.25, 0.3) is 11.0 Å². The lowest BCUT2D eigenvalue weighted by Gasteiger charge is -2.13. The van der Waals surface area contributed by atoms with Gasteiger partial charge < -0.3 is 14.4 Å². The molecule has 0 spiro atoms. The Bertz CT molecular complexity index is 719. The zero-order chi connectivity index (χ0) is 14.7. The number of para-hydroxylation sites is 2. The molecule has 3 rings (SSSR count). The number of rotatable bonds is 5. The fourth-order valence-electron chi connectivity index (χ4n) is 2.26. The van der Waals surface area contributed by atoms with Crippen LogP contribution in [0.2, 0.25) is 0 Å². The average Bonchev–Trinajstić information content (AvgIpc) is 2.90. The second-order valence-corrected chi connectivity index (χ2v) is 5.16. The van der Waals surface area contributed by atoms with Crippen LogP contribution in [0.15, 0.2) is 54.9 Å². The van der Waals surface area contributed by atoms with E-state index in [1.54, 1.807) is 6.33 Å². The van der Waals surface area contributed by atoms with E-state index >= 15 is 0 Å². The first-order chi connectivity index (χ1) is 10.2. The summed E-state index contributed by atoms with van der Waals surface area (Å²) in [6, 6.07) is 15.7. The van der Waals surface area contributed by atoms with Crippen LogP contribution < -0.4 is 4.74 Å². The molecule has 0 aliphatic rings. The van der Waals surface area contributed by atoms with Crippen molar-refractivity contribution in [1.29, 1.82) is 0 Å². The Labute approximate surface area is 123 Å². The molecule has 0 aliphatic heterocycles. The molecular weight excluding hydrogens is 264 g/mol. The van der Waals surface area contributed by atoms with Crippen LogP contribution in [0.3, 0.4) is 0 Å². The summed E-state index contributed by atoms with van der Waals surface area (Å²) < 4.78 is 7.54. The van der Waals surface area contributed by atoms with Gasteiger partial charge in [-0.2, -0.15) is 0 Å². The minimum absolute atomic E-state index is 0.259. The molecule has 1 heterocycles. The molecule has 0 saturated carbocycles. The van der Waals surface area contributed by atoms with Crippen LogP contribution in [-0.2, 0) is 6.54 Å². The summed E-state index contributed by atoms with van der Waals surface area (Å²) in [6.45, 7) is 2.75. The molecule has 0 saturated heterocycles. The van der Waals surface area contributed by atoms with E-state index in [-0.39, 0.29) is 6.61 Å². The standard InChI is InChI=1S/C17H18N2O2/c1-13-6-8-15(9-7-13)21-11-14(20)10-19-12-18-16-4-2-3-5-17(16)19/h2-9,12,14,20H,10-11H2,1H3/t14-/m0/s1. The maximum Gasteiger partial charge on any atom is 0.119 e. The lowest BCUT2D eigenvalue weighted by Crippen LogP contribution is -2.23. The van der Waals surface area contributed by atoms with Gasteiger partial charge in [0.1, 0.15) is 18.5 Å². The van der Waals surface area contributed by atoms with Crippen molar-refractivity contribution in [3.8, 4) is 5.75 Å². The van der Waals surface area contributed by atoms with Crippen LogP contribution in [0, 0.1) is 6.92 Å². The molecule has 0 fully saturated rings. The highest BCUT2D eigenvalue weighted by atomic mass is 16.5. The minimum atomic E-state index is -0.580.